The lowest BCUT2D eigenvalue weighted by molar-refractivity contribution is 0.673. The molecule has 2 aromatic heterocycles. The minimum atomic E-state index is -0.167. The van der Waals surface area contributed by atoms with Crippen molar-refractivity contribution in [3.63, 3.8) is 0 Å². The molecule has 80 valence electrons. The van der Waals surface area contributed by atoms with Crippen LogP contribution in [-0.4, -0.2) is 19.8 Å². The Hall–Kier alpha value is -1.01. The second-order valence-electron chi connectivity index (χ2n) is 4.47. The summed E-state index contributed by atoms with van der Waals surface area (Å²) >= 11 is 1.56. The van der Waals surface area contributed by atoms with Crippen LogP contribution in [-0.2, 0) is 5.54 Å². The first-order valence-electron chi connectivity index (χ1n) is 5.12. The minimum Gasteiger partial charge on any atom is -0.319 e. The Morgan fingerprint density at radius 1 is 1.40 bits per heavy atom. The van der Waals surface area contributed by atoms with Gasteiger partial charge in [0.2, 0.25) is 4.96 Å². The molecule has 0 bridgehead atoms. The first kappa shape index (κ1) is 9.23. The topological polar surface area (TPSA) is 69.1 Å². The van der Waals surface area contributed by atoms with E-state index in [1.54, 1.807) is 11.3 Å². The van der Waals surface area contributed by atoms with Crippen molar-refractivity contribution < 1.29 is 0 Å². The van der Waals surface area contributed by atoms with Gasteiger partial charge in [0.05, 0.1) is 5.54 Å². The highest BCUT2D eigenvalue weighted by molar-refractivity contribution is 7.16. The Morgan fingerprint density at radius 2 is 2.13 bits per heavy atom. The Kier molecular flexibility index (Phi) is 1.70. The van der Waals surface area contributed by atoms with Gasteiger partial charge in [0, 0.05) is 5.92 Å². The number of fused-ring (bicyclic) bond motifs is 1. The molecular formula is C9H13N5S. The number of rotatable bonds is 2. The Labute approximate surface area is 91.3 Å². The molecule has 0 radical (unpaired) electrons. The third-order valence-corrected chi connectivity index (χ3v) is 3.86. The molecule has 6 heteroatoms. The molecule has 1 saturated carbocycles. The molecule has 0 unspecified atom stereocenters. The van der Waals surface area contributed by atoms with Crippen LogP contribution in [0.1, 0.15) is 43.4 Å². The minimum absolute atomic E-state index is 0.167. The van der Waals surface area contributed by atoms with Gasteiger partial charge >= 0.3 is 0 Å². The molecule has 15 heavy (non-hydrogen) atoms. The molecule has 0 atom stereocenters. The quantitative estimate of drug-likeness (QED) is 0.832. The molecule has 0 saturated heterocycles. The summed E-state index contributed by atoms with van der Waals surface area (Å²) in [6.07, 6.45) is 2.07. The summed E-state index contributed by atoms with van der Waals surface area (Å²) in [5, 5.41) is 13.7. The normalized spacial score (nSPS) is 18.9. The summed E-state index contributed by atoms with van der Waals surface area (Å²) < 4.78 is 1.83. The fourth-order valence-electron chi connectivity index (χ4n) is 1.54. The van der Waals surface area contributed by atoms with E-state index in [0.29, 0.717) is 5.92 Å². The lowest BCUT2D eigenvalue weighted by Gasteiger charge is -2.01. The van der Waals surface area contributed by atoms with Crippen LogP contribution in [0.4, 0.5) is 0 Å². The maximum absolute atomic E-state index is 6.10. The number of hydrogen-bond acceptors (Lipinski definition) is 5. The molecule has 0 spiro atoms. The lowest BCUT2D eigenvalue weighted by Crippen LogP contribution is -2.18. The molecule has 0 aliphatic heterocycles. The SMILES string of the molecule is CC(C)c1nnc2sc(C3(N)CC3)nn12. The maximum atomic E-state index is 6.10. The van der Waals surface area contributed by atoms with Crippen LogP contribution in [0.3, 0.4) is 0 Å². The van der Waals surface area contributed by atoms with Crippen LogP contribution in [0.2, 0.25) is 0 Å². The van der Waals surface area contributed by atoms with Crippen molar-refractivity contribution in [3.8, 4) is 0 Å². The molecule has 3 rings (SSSR count). The first-order chi connectivity index (χ1) is 7.10. The van der Waals surface area contributed by atoms with Crippen molar-refractivity contribution in [1.82, 2.24) is 19.8 Å². The molecule has 2 N–H and O–H groups in total. The average Bonchev–Trinajstić information content (AvgIpc) is 2.62. The largest absolute Gasteiger partial charge is 0.319 e. The van der Waals surface area contributed by atoms with Crippen LogP contribution in [0.15, 0.2) is 0 Å². The van der Waals surface area contributed by atoms with Crippen LogP contribution >= 0.6 is 11.3 Å². The molecule has 0 aromatic carbocycles. The predicted molar refractivity (Wildman–Crippen MR) is 57.8 cm³/mol. The monoisotopic (exact) mass is 223 g/mol. The zero-order chi connectivity index (χ0) is 10.6. The molecule has 5 nitrogen and oxygen atoms in total. The van der Waals surface area contributed by atoms with E-state index in [9.17, 15) is 0 Å². The van der Waals surface area contributed by atoms with E-state index in [4.69, 9.17) is 5.73 Å². The van der Waals surface area contributed by atoms with Crippen LogP contribution < -0.4 is 5.73 Å². The van der Waals surface area contributed by atoms with Crippen molar-refractivity contribution in [3.05, 3.63) is 10.8 Å². The van der Waals surface area contributed by atoms with Crippen molar-refractivity contribution in [2.45, 2.75) is 38.1 Å². The average molecular weight is 223 g/mol. The van der Waals surface area contributed by atoms with E-state index in [2.05, 4.69) is 29.1 Å². The van der Waals surface area contributed by atoms with Crippen molar-refractivity contribution >= 4 is 16.3 Å². The molecule has 2 aromatic rings. The number of hydrogen-bond donors (Lipinski definition) is 1. The summed E-state index contributed by atoms with van der Waals surface area (Å²) in [5.41, 5.74) is 5.94. The van der Waals surface area contributed by atoms with Gasteiger partial charge in [-0.25, -0.2) is 0 Å². The third kappa shape index (κ3) is 1.28. The molecule has 1 aliphatic carbocycles. The van der Waals surface area contributed by atoms with E-state index in [0.717, 1.165) is 28.6 Å². The summed E-state index contributed by atoms with van der Waals surface area (Å²) in [6.45, 7) is 4.18. The predicted octanol–water partition coefficient (Wildman–Crippen LogP) is 1.26. The highest BCUT2D eigenvalue weighted by Gasteiger charge is 2.43. The van der Waals surface area contributed by atoms with Gasteiger partial charge in [-0.05, 0) is 12.8 Å². The van der Waals surface area contributed by atoms with Gasteiger partial charge in [-0.3, -0.25) is 0 Å². The van der Waals surface area contributed by atoms with Gasteiger partial charge in [0.25, 0.3) is 0 Å². The van der Waals surface area contributed by atoms with E-state index in [1.165, 1.54) is 0 Å². The Morgan fingerprint density at radius 3 is 2.73 bits per heavy atom. The van der Waals surface area contributed by atoms with Crippen molar-refractivity contribution in [1.29, 1.82) is 0 Å². The second-order valence-corrected chi connectivity index (χ2v) is 5.43. The Bertz CT molecular complexity index is 508. The van der Waals surface area contributed by atoms with Crippen LogP contribution in [0.5, 0.6) is 0 Å². The van der Waals surface area contributed by atoms with Gasteiger partial charge in [-0.1, -0.05) is 25.2 Å². The molecule has 1 fully saturated rings. The van der Waals surface area contributed by atoms with E-state index < -0.39 is 0 Å². The third-order valence-electron chi connectivity index (χ3n) is 2.75. The van der Waals surface area contributed by atoms with Gasteiger partial charge < -0.3 is 5.73 Å². The van der Waals surface area contributed by atoms with Gasteiger partial charge in [-0.2, -0.15) is 9.61 Å². The molecule has 1 aliphatic rings. The summed E-state index contributed by atoms with van der Waals surface area (Å²) in [6, 6.07) is 0. The highest BCUT2D eigenvalue weighted by atomic mass is 32.1. The lowest BCUT2D eigenvalue weighted by atomic mass is 10.2. The van der Waals surface area contributed by atoms with Crippen molar-refractivity contribution in [2.24, 2.45) is 5.73 Å². The fourth-order valence-corrected chi connectivity index (χ4v) is 2.55. The van der Waals surface area contributed by atoms with E-state index in [-0.39, 0.29) is 5.54 Å². The summed E-state index contributed by atoms with van der Waals surface area (Å²) in [5.74, 6) is 1.25. The van der Waals surface area contributed by atoms with Gasteiger partial charge in [0.15, 0.2) is 5.82 Å². The first-order valence-corrected chi connectivity index (χ1v) is 5.93. The highest BCUT2D eigenvalue weighted by Crippen LogP contribution is 2.44. The van der Waals surface area contributed by atoms with Gasteiger partial charge in [-0.15, -0.1) is 10.2 Å². The summed E-state index contributed by atoms with van der Waals surface area (Å²) in [4.78, 5) is 0.852. The molecule has 2 heterocycles. The molecule has 0 amide bonds. The van der Waals surface area contributed by atoms with E-state index in [1.807, 2.05) is 4.52 Å². The zero-order valence-electron chi connectivity index (χ0n) is 8.77. The summed E-state index contributed by atoms with van der Waals surface area (Å²) in [7, 11) is 0. The Balaban J connectivity index is 2.14. The standard InChI is InChI=1S/C9H13N5S/c1-5(2)6-11-12-8-14(6)13-7(15-8)9(10)3-4-9/h5H,3-4,10H2,1-2H3. The number of nitrogens with two attached hydrogens (primary N) is 1. The zero-order valence-corrected chi connectivity index (χ0v) is 9.58. The van der Waals surface area contributed by atoms with E-state index >= 15 is 0 Å². The van der Waals surface area contributed by atoms with Crippen LogP contribution in [0.25, 0.3) is 4.96 Å². The fraction of sp³-hybridized carbons (Fsp3) is 0.667. The number of aromatic nitrogens is 4. The van der Waals surface area contributed by atoms with Crippen LogP contribution in [0, 0.1) is 0 Å². The maximum Gasteiger partial charge on any atom is 0.234 e. The molecular weight excluding hydrogens is 210 g/mol. The number of nitrogens with zero attached hydrogens (tertiary/aromatic N) is 4. The second kappa shape index (κ2) is 2.76. The smallest absolute Gasteiger partial charge is 0.234 e. The van der Waals surface area contributed by atoms with Gasteiger partial charge in [0.1, 0.15) is 5.01 Å². The van der Waals surface area contributed by atoms with Crippen molar-refractivity contribution in [2.75, 3.05) is 0 Å².